The maximum atomic E-state index is 12.4. The van der Waals surface area contributed by atoms with Gasteiger partial charge in [-0.15, -0.1) is 5.10 Å². The molecule has 0 aromatic carbocycles. The molecule has 2 aliphatic carbocycles. The third-order valence-corrected chi connectivity index (χ3v) is 6.99. The maximum absolute atomic E-state index is 12.4. The molecule has 5 rings (SSSR count). The highest BCUT2D eigenvalue weighted by molar-refractivity contribution is 5.78. The Labute approximate surface area is 172 Å². The summed E-state index contributed by atoms with van der Waals surface area (Å²) >= 11 is 0. The molecule has 1 aromatic heterocycles. The van der Waals surface area contributed by atoms with Gasteiger partial charge in [0.25, 0.3) is 0 Å². The minimum Gasteiger partial charge on any atom is -0.408 e. The Hall–Kier alpha value is -1.67. The van der Waals surface area contributed by atoms with Crippen LogP contribution in [0.15, 0.2) is 4.42 Å². The SMILES string of the molecule is O=C1COC(CNc2nnc(C3CCC3)o2)CN1CC1CCN(CC2CC2)CC1. The number of likely N-dealkylation sites (tertiary alicyclic amines) is 1. The van der Waals surface area contributed by atoms with Gasteiger partial charge in [-0.25, -0.2) is 0 Å². The summed E-state index contributed by atoms with van der Waals surface area (Å²) in [5.41, 5.74) is 0. The van der Waals surface area contributed by atoms with Gasteiger partial charge in [-0.05, 0) is 63.5 Å². The Bertz CT molecular complexity index is 694. The van der Waals surface area contributed by atoms with E-state index >= 15 is 0 Å². The van der Waals surface area contributed by atoms with Crippen LogP contribution in [0.4, 0.5) is 6.01 Å². The number of aromatic nitrogens is 2. The summed E-state index contributed by atoms with van der Waals surface area (Å²) in [7, 11) is 0. The Morgan fingerprint density at radius 3 is 2.52 bits per heavy atom. The highest BCUT2D eigenvalue weighted by Gasteiger charge is 2.31. The van der Waals surface area contributed by atoms with Crippen LogP contribution in [0.3, 0.4) is 0 Å². The topological polar surface area (TPSA) is 83.7 Å². The van der Waals surface area contributed by atoms with Crippen molar-refractivity contribution >= 4 is 11.9 Å². The average molecular weight is 404 g/mol. The Morgan fingerprint density at radius 1 is 1.00 bits per heavy atom. The zero-order chi connectivity index (χ0) is 19.6. The summed E-state index contributed by atoms with van der Waals surface area (Å²) < 4.78 is 11.4. The molecule has 29 heavy (non-hydrogen) atoms. The van der Waals surface area contributed by atoms with Crippen LogP contribution in [0, 0.1) is 11.8 Å². The van der Waals surface area contributed by atoms with Gasteiger partial charge in [-0.3, -0.25) is 4.79 Å². The second kappa shape index (κ2) is 8.60. The normalized spacial score (nSPS) is 27.2. The first-order valence-corrected chi connectivity index (χ1v) is 11.4. The van der Waals surface area contributed by atoms with Crippen molar-refractivity contribution in [2.24, 2.45) is 11.8 Å². The molecule has 1 unspecified atom stereocenters. The fourth-order valence-electron chi connectivity index (χ4n) is 4.64. The number of amides is 1. The molecule has 1 N–H and O–H groups in total. The maximum Gasteiger partial charge on any atom is 0.315 e. The van der Waals surface area contributed by atoms with Crippen molar-refractivity contribution in [3.8, 4) is 0 Å². The average Bonchev–Trinajstić information content (AvgIpc) is 3.38. The van der Waals surface area contributed by atoms with Gasteiger partial charge in [-0.1, -0.05) is 11.5 Å². The molecule has 2 aliphatic heterocycles. The van der Waals surface area contributed by atoms with E-state index < -0.39 is 0 Å². The molecule has 1 aromatic rings. The number of carbonyl (C=O) groups excluding carboxylic acids is 1. The quantitative estimate of drug-likeness (QED) is 0.712. The summed E-state index contributed by atoms with van der Waals surface area (Å²) in [6, 6.07) is 0.460. The van der Waals surface area contributed by atoms with Gasteiger partial charge >= 0.3 is 6.01 Å². The number of nitrogens with zero attached hydrogens (tertiary/aromatic N) is 4. The Morgan fingerprint density at radius 2 is 1.79 bits per heavy atom. The first-order valence-electron chi connectivity index (χ1n) is 11.4. The smallest absolute Gasteiger partial charge is 0.315 e. The molecule has 1 amide bonds. The lowest BCUT2D eigenvalue weighted by molar-refractivity contribution is -0.149. The van der Waals surface area contributed by atoms with E-state index in [1.54, 1.807) is 0 Å². The fraction of sp³-hybridized carbons (Fsp3) is 0.857. The van der Waals surface area contributed by atoms with Crippen molar-refractivity contribution in [1.82, 2.24) is 20.0 Å². The molecule has 3 heterocycles. The third-order valence-electron chi connectivity index (χ3n) is 6.99. The van der Waals surface area contributed by atoms with Crippen molar-refractivity contribution < 1.29 is 13.9 Å². The lowest BCUT2D eigenvalue weighted by atomic mass is 9.85. The molecule has 0 spiro atoms. The largest absolute Gasteiger partial charge is 0.408 e. The number of piperidine rings is 1. The molecule has 0 bridgehead atoms. The lowest BCUT2D eigenvalue weighted by Gasteiger charge is -2.38. The third kappa shape index (κ3) is 4.91. The first kappa shape index (κ1) is 19.3. The van der Waals surface area contributed by atoms with Gasteiger partial charge < -0.3 is 24.3 Å². The highest BCUT2D eigenvalue weighted by Crippen LogP contribution is 2.36. The Balaban J connectivity index is 1.06. The number of carbonyl (C=O) groups is 1. The van der Waals surface area contributed by atoms with E-state index in [1.807, 2.05) is 4.90 Å². The van der Waals surface area contributed by atoms with Crippen LogP contribution in [0.25, 0.3) is 0 Å². The van der Waals surface area contributed by atoms with Gasteiger partial charge in [0.1, 0.15) is 6.61 Å². The molecule has 4 fully saturated rings. The summed E-state index contributed by atoms with van der Waals surface area (Å²) in [5.74, 6) is 2.87. The van der Waals surface area contributed by atoms with Crippen LogP contribution in [0.2, 0.25) is 0 Å². The predicted molar refractivity (Wildman–Crippen MR) is 108 cm³/mol. The van der Waals surface area contributed by atoms with Crippen molar-refractivity contribution in [3.63, 3.8) is 0 Å². The number of rotatable bonds is 8. The minimum atomic E-state index is -0.0401. The van der Waals surface area contributed by atoms with Gasteiger partial charge in [-0.2, -0.15) is 0 Å². The molecule has 4 aliphatic rings. The summed E-state index contributed by atoms with van der Waals surface area (Å²) in [5, 5.41) is 11.4. The van der Waals surface area contributed by atoms with Crippen molar-refractivity contribution in [1.29, 1.82) is 0 Å². The zero-order valence-corrected chi connectivity index (χ0v) is 17.2. The van der Waals surface area contributed by atoms with Crippen LogP contribution in [0.1, 0.15) is 56.8 Å². The van der Waals surface area contributed by atoms with Crippen molar-refractivity contribution in [3.05, 3.63) is 5.89 Å². The summed E-state index contributed by atoms with van der Waals surface area (Å²) in [6.07, 6.45) is 8.73. The number of hydrogen-bond acceptors (Lipinski definition) is 7. The monoisotopic (exact) mass is 403 g/mol. The number of hydrogen-bond donors (Lipinski definition) is 1. The van der Waals surface area contributed by atoms with Crippen molar-refractivity contribution in [2.75, 3.05) is 51.2 Å². The molecule has 8 nitrogen and oxygen atoms in total. The molecular formula is C21H33N5O3. The van der Waals surface area contributed by atoms with E-state index in [-0.39, 0.29) is 18.6 Å². The molecule has 0 radical (unpaired) electrons. The number of ether oxygens (including phenoxy) is 1. The van der Waals surface area contributed by atoms with E-state index in [4.69, 9.17) is 9.15 Å². The molecule has 1 atom stereocenters. The van der Waals surface area contributed by atoms with E-state index in [1.165, 1.54) is 51.7 Å². The molecule has 160 valence electrons. The van der Waals surface area contributed by atoms with E-state index in [9.17, 15) is 4.79 Å². The molecule has 2 saturated heterocycles. The van der Waals surface area contributed by atoms with Crippen molar-refractivity contribution in [2.45, 2.75) is 57.0 Å². The van der Waals surface area contributed by atoms with Crippen LogP contribution < -0.4 is 5.32 Å². The fourth-order valence-corrected chi connectivity index (χ4v) is 4.64. The van der Waals surface area contributed by atoms with E-state index in [0.717, 1.165) is 31.2 Å². The van der Waals surface area contributed by atoms with E-state index in [2.05, 4.69) is 20.4 Å². The number of nitrogens with one attached hydrogen (secondary N) is 1. The first-order chi connectivity index (χ1) is 14.2. The molecular weight excluding hydrogens is 370 g/mol. The van der Waals surface area contributed by atoms with Gasteiger partial charge in [0, 0.05) is 32.1 Å². The highest BCUT2D eigenvalue weighted by atomic mass is 16.5. The summed E-state index contributed by atoms with van der Waals surface area (Å²) in [4.78, 5) is 17.0. The van der Waals surface area contributed by atoms with Gasteiger partial charge in [0.05, 0.1) is 6.10 Å². The standard InChI is InChI=1S/C21H33N5O3/c27-19-14-28-18(10-22-21-24-23-20(29-21)17-2-1-3-17)13-26(19)12-16-6-8-25(9-7-16)11-15-4-5-15/h15-18H,1-14H2,(H,22,24). The molecule has 2 saturated carbocycles. The predicted octanol–water partition coefficient (Wildman–Crippen LogP) is 2.10. The van der Waals surface area contributed by atoms with E-state index in [0.29, 0.717) is 30.9 Å². The molecule has 8 heteroatoms. The number of anilines is 1. The zero-order valence-electron chi connectivity index (χ0n) is 17.2. The van der Waals surface area contributed by atoms with Crippen LogP contribution in [0.5, 0.6) is 0 Å². The van der Waals surface area contributed by atoms with Crippen LogP contribution in [-0.4, -0.2) is 77.9 Å². The Kier molecular flexibility index (Phi) is 5.72. The van der Waals surface area contributed by atoms with Crippen LogP contribution >= 0.6 is 0 Å². The number of morpholine rings is 1. The van der Waals surface area contributed by atoms with Gasteiger partial charge in [0.15, 0.2) is 0 Å². The second-order valence-corrected chi connectivity index (χ2v) is 9.37. The summed E-state index contributed by atoms with van der Waals surface area (Å²) in [6.45, 7) is 5.91. The second-order valence-electron chi connectivity index (χ2n) is 9.37. The minimum absolute atomic E-state index is 0.0401. The van der Waals surface area contributed by atoms with Gasteiger partial charge in [0.2, 0.25) is 11.8 Å². The lowest BCUT2D eigenvalue weighted by Crippen LogP contribution is -2.51. The van der Waals surface area contributed by atoms with Crippen LogP contribution in [-0.2, 0) is 9.53 Å².